The number of guanidine groups is 1. The molecule has 0 heterocycles. The minimum atomic E-state index is -4.67. The van der Waals surface area contributed by atoms with E-state index in [1.165, 1.54) is 7.05 Å². The number of esters is 1. The van der Waals surface area contributed by atoms with Crippen molar-refractivity contribution in [3.8, 4) is 0 Å². The van der Waals surface area contributed by atoms with Crippen molar-refractivity contribution < 1.29 is 27.1 Å². The van der Waals surface area contributed by atoms with Crippen molar-refractivity contribution in [1.29, 1.82) is 0 Å². The summed E-state index contributed by atoms with van der Waals surface area (Å²) in [5.74, 6) is -1.39. The lowest BCUT2D eigenvalue weighted by atomic mass is 10.1. The fourth-order valence-corrected chi connectivity index (χ4v) is 1.90. The van der Waals surface area contributed by atoms with Gasteiger partial charge in [-0.1, -0.05) is 6.07 Å². The molecule has 1 aromatic carbocycles. The standard InChI is InChI=1S/C16H21F4N3O2/c1-15(2,3)25-13(24)9-23-14(21-4)22-8-10-5-6-11(17)7-12(10)16(18,19)20/h5-7H,8-9H2,1-4H3,(H2,21,22,23). The molecule has 0 aliphatic carbocycles. The summed E-state index contributed by atoms with van der Waals surface area (Å²) in [4.78, 5) is 15.4. The van der Waals surface area contributed by atoms with E-state index in [1.807, 2.05) is 0 Å². The zero-order valence-corrected chi connectivity index (χ0v) is 14.4. The molecule has 2 N–H and O–H groups in total. The molecule has 9 heteroatoms. The van der Waals surface area contributed by atoms with E-state index in [-0.39, 0.29) is 24.6 Å². The van der Waals surface area contributed by atoms with E-state index >= 15 is 0 Å². The van der Waals surface area contributed by atoms with Crippen LogP contribution in [0.1, 0.15) is 31.9 Å². The van der Waals surface area contributed by atoms with Crippen LogP contribution in [-0.4, -0.2) is 31.1 Å². The van der Waals surface area contributed by atoms with Crippen molar-refractivity contribution in [2.24, 2.45) is 4.99 Å². The molecule has 0 atom stereocenters. The van der Waals surface area contributed by atoms with E-state index in [0.717, 1.165) is 12.1 Å². The fourth-order valence-electron chi connectivity index (χ4n) is 1.90. The maximum absolute atomic E-state index is 13.1. The third kappa shape index (κ3) is 7.40. The van der Waals surface area contributed by atoms with E-state index in [9.17, 15) is 22.4 Å². The van der Waals surface area contributed by atoms with Crippen LogP contribution in [0.5, 0.6) is 0 Å². The molecule has 0 aliphatic rings. The molecule has 1 aromatic rings. The van der Waals surface area contributed by atoms with E-state index < -0.39 is 29.1 Å². The Kier molecular flexibility index (Phi) is 6.78. The molecule has 0 unspecified atom stereocenters. The highest BCUT2D eigenvalue weighted by atomic mass is 19.4. The predicted octanol–water partition coefficient (Wildman–Crippen LogP) is 2.85. The summed E-state index contributed by atoms with van der Waals surface area (Å²) in [7, 11) is 1.40. The summed E-state index contributed by atoms with van der Waals surface area (Å²) < 4.78 is 57.0. The van der Waals surface area contributed by atoms with Gasteiger partial charge in [-0.05, 0) is 38.5 Å². The third-order valence-electron chi connectivity index (χ3n) is 2.87. The minimum absolute atomic E-state index is 0.114. The SMILES string of the molecule is CN=C(NCC(=O)OC(C)(C)C)NCc1ccc(F)cc1C(F)(F)F. The van der Waals surface area contributed by atoms with Gasteiger partial charge in [-0.25, -0.2) is 4.39 Å². The molecule has 0 spiro atoms. The van der Waals surface area contributed by atoms with Gasteiger partial charge in [0, 0.05) is 13.6 Å². The quantitative estimate of drug-likeness (QED) is 0.374. The van der Waals surface area contributed by atoms with Gasteiger partial charge in [0.1, 0.15) is 18.0 Å². The smallest absolute Gasteiger partial charge is 0.416 e. The second-order valence-corrected chi connectivity index (χ2v) is 6.16. The lowest BCUT2D eigenvalue weighted by Gasteiger charge is -2.20. The van der Waals surface area contributed by atoms with Crippen molar-refractivity contribution >= 4 is 11.9 Å². The van der Waals surface area contributed by atoms with Gasteiger partial charge in [0.15, 0.2) is 5.96 Å². The van der Waals surface area contributed by atoms with Crippen LogP contribution >= 0.6 is 0 Å². The number of nitrogens with one attached hydrogen (secondary N) is 2. The van der Waals surface area contributed by atoms with Gasteiger partial charge in [0.2, 0.25) is 0 Å². The number of carbonyl (C=O) groups excluding carboxylic acids is 1. The molecule has 140 valence electrons. The number of ether oxygens (including phenoxy) is 1. The maximum Gasteiger partial charge on any atom is 0.416 e. The van der Waals surface area contributed by atoms with Gasteiger partial charge >= 0.3 is 12.1 Å². The molecule has 0 aliphatic heterocycles. The maximum atomic E-state index is 13.1. The van der Waals surface area contributed by atoms with E-state index in [4.69, 9.17) is 4.74 Å². The zero-order chi connectivity index (χ0) is 19.3. The summed E-state index contributed by atoms with van der Waals surface area (Å²) in [5, 5.41) is 5.29. The van der Waals surface area contributed by atoms with Gasteiger partial charge in [-0.15, -0.1) is 0 Å². The zero-order valence-electron chi connectivity index (χ0n) is 14.4. The first kappa shape index (κ1) is 20.7. The second kappa shape index (κ2) is 8.17. The normalized spacial score (nSPS) is 12.7. The second-order valence-electron chi connectivity index (χ2n) is 6.16. The monoisotopic (exact) mass is 363 g/mol. The Morgan fingerprint density at radius 1 is 1.20 bits per heavy atom. The minimum Gasteiger partial charge on any atom is -0.459 e. The Hall–Kier alpha value is -2.32. The summed E-state index contributed by atoms with van der Waals surface area (Å²) in [6.45, 7) is 4.69. The van der Waals surface area contributed by atoms with Gasteiger partial charge in [0.25, 0.3) is 0 Å². The van der Waals surface area contributed by atoms with Crippen molar-refractivity contribution in [3.05, 3.63) is 35.1 Å². The molecular weight excluding hydrogens is 342 g/mol. The molecule has 0 radical (unpaired) electrons. The van der Waals surface area contributed by atoms with Crippen molar-refractivity contribution in [2.75, 3.05) is 13.6 Å². The largest absolute Gasteiger partial charge is 0.459 e. The highest BCUT2D eigenvalue weighted by Gasteiger charge is 2.33. The molecule has 1 rings (SSSR count). The molecule has 0 bridgehead atoms. The number of aliphatic imine (C=N–C) groups is 1. The van der Waals surface area contributed by atoms with Crippen molar-refractivity contribution in [1.82, 2.24) is 10.6 Å². The van der Waals surface area contributed by atoms with Crippen molar-refractivity contribution in [2.45, 2.75) is 39.1 Å². The van der Waals surface area contributed by atoms with Gasteiger partial charge in [0.05, 0.1) is 5.56 Å². The lowest BCUT2D eigenvalue weighted by Crippen LogP contribution is -2.41. The molecule has 25 heavy (non-hydrogen) atoms. The van der Waals surface area contributed by atoms with Crippen LogP contribution in [0.3, 0.4) is 0 Å². The number of halogens is 4. The van der Waals surface area contributed by atoms with Crippen LogP contribution < -0.4 is 10.6 Å². The molecule has 0 saturated heterocycles. The van der Waals surface area contributed by atoms with E-state index in [0.29, 0.717) is 6.07 Å². The average Bonchev–Trinajstić information content (AvgIpc) is 2.45. The number of hydrogen-bond acceptors (Lipinski definition) is 3. The molecule has 0 saturated carbocycles. The summed E-state index contributed by atoms with van der Waals surface area (Å²) in [5.41, 5.74) is -1.86. The van der Waals surface area contributed by atoms with Gasteiger partial charge in [-0.2, -0.15) is 13.2 Å². The topological polar surface area (TPSA) is 62.7 Å². The highest BCUT2D eigenvalue weighted by Crippen LogP contribution is 2.32. The Morgan fingerprint density at radius 3 is 2.36 bits per heavy atom. The van der Waals surface area contributed by atoms with Crippen LogP contribution in [0.4, 0.5) is 17.6 Å². The molecule has 0 fully saturated rings. The van der Waals surface area contributed by atoms with Crippen LogP contribution in [0.2, 0.25) is 0 Å². The first-order valence-electron chi connectivity index (χ1n) is 7.44. The fraction of sp³-hybridized carbons (Fsp3) is 0.500. The molecule has 0 aromatic heterocycles. The van der Waals surface area contributed by atoms with Gasteiger partial charge < -0.3 is 15.4 Å². The molecule has 0 amide bonds. The number of nitrogens with zero attached hydrogens (tertiary/aromatic N) is 1. The Morgan fingerprint density at radius 2 is 1.84 bits per heavy atom. The van der Waals surface area contributed by atoms with Gasteiger partial charge in [-0.3, -0.25) is 9.79 Å². The Labute approximate surface area is 143 Å². The molecule has 5 nitrogen and oxygen atoms in total. The predicted molar refractivity (Wildman–Crippen MR) is 85.4 cm³/mol. The van der Waals surface area contributed by atoms with E-state index in [2.05, 4.69) is 15.6 Å². The van der Waals surface area contributed by atoms with Crippen LogP contribution in [-0.2, 0) is 22.3 Å². The van der Waals surface area contributed by atoms with Crippen molar-refractivity contribution in [3.63, 3.8) is 0 Å². The van der Waals surface area contributed by atoms with Crippen LogP contribution in [0.15, 0.2) is 23.2 Å². The number of carbonyl (C=O) groups is 1. The average molecular weight is 363 g/mol. The molecular formula is C16H21F4N3O2. The lowest BCUT2D eigenvalue weighted by molar-refractivity contribution is -0.153. The van der Waals surface area contributed by atoms with Crippen LogP contribution in [0.25, 0.3) is 0 Å². The Balaban J connectivity index is 2.69. The van der Waals surface area contributed by atoms with E-state index in [1.54, 1.807) is 20.8 Å². The first-order valence-corrected chi connectivity index (χ1v) is 7.44. The number of hydrogen-bond donors (Lipinski definition) is 2. The number of rotatable bonds is 4. The number of benzene rings is 1. The highest BCUT2D eigenvalue weighted by molar-refractivity contribution is 5.84. The third-order valence-corrected chi connectivity index (χ3v) is 2.87. The Bertz CT molecular complexity index is 637. The summed E-state index contributed by atoms with van der Waals surface area (Å²) >= 11 is 0. The number of alkyl halides is 3. The summed E-state index contributed by atoms with van der Waals surface area (Å²) in [6.07, 6.45) is -4.67. The first-order chi connectivity index (χ1) is 11.4. The van der Waals surface area contributed by atoms with Crippen LogP contribution in [0, 0.1) is 5.82 Å². The summed E-state index contributed by atoms with van der Waals surface area (Å²) in [6, 6.07) is 2.43.